The molecule has 0 saturated heterocycles. The molecule has 0 aliphatic carbocycles. The van der Waals surface area contributed by atoms with E-state index in [0.29, 0.717) is 33.5 Å². The van der Waals surface area contributed by atoms with Gasteiger partial charge in [-0.2, -0.15) is 0 Å². The highest BCUT2D eigenvalue weighted by molar-refractivity contribution is 7.80. The van der Waals surface area contributed by atoms with E-state index in [1.54, 1.807) is 43.5 Å². The average molecular weight is 451 g/mol. The Balaban J connectivity index is 1.77. The first-order valence-electron chi connectivity index (χ1n) is 8.36. The van der Waals surface area contributed by atoms with E-state index < -0.39 is 5.91 Å². The molecule has 0 radical (unpaired) electrons. The van der Waals surface area contributed by atoms with E-state index in [1.165, 1.54) is 12.1 Å². The van der Waals surface area contributed by atoms with E-state index >= 15 is 0 Å². The van der Waals surface area contributed by atoms with Gasteiger partial charge in [-0.15, -0.1) is 0 Å². The van der Waals surface area contributed by atoms with Gasteiger partial charge in [-0.05, 0) is 60.7 Å². The molecule has 0 atom stereocenters. The van der Waals surface area contributed by atoms with Gasteiger partial charge in [-0.3, -0.25) is 10.1 Å². The molecule has 1 heterocycles. The average Bonchev–Trinajstić information content (AvgIpc) is 3.18. The summed E-state index contributed by atoms with van der Waals surface area (Å²) in [5.41, 5.74) is 1.47. The van der Waals surface area contributed by atoms with Gasteiger partial charge in [0.2, 0.25) is 0 Å². The molecule has 0 bridgehead atoms. The number of amides is 1. The molecular weight excluding hydrogens is 435 g/mol. The molecular formula is C20H16Cl2N2O4S. The van der Waals surface area contributed by atoms with Gasteiger partial charge in [0.05, 0.1) is 23.3 Å². The largest absolute Gasteiger partial charge is 0.496 e. The summed E-state index contributed by atoms with van der Waals surface area (Å²) in [4.78, 5) is 12.4. The normalized spacial score (nSPS) is 10.5. The highest BCUT2D eigenvalue weighted by Gasteiger charge is 2.15. The number of aliphatic hydroxyl groups excluding tert-OH is 1. The lowest BCUT2D eigenvalue weighted by molar-refractivity contribution is 0.0978. The van der Waals surface area contributed by atoms with Crippen LogP contribution in [-0.2, 0) is 6.61 Å². The molecule has 1 amide bonds. The van der Waals surface area contributed by atoms with Crippen LogP contribution in [0.15, 0.2) is 52.9 Å². The van der Waals surface area contributed by atoms with E-state index in [9.17, 15) is 9.90 Å². The van der Waals surface area contributed by atoms with Crippen LogP contribution in [-0.4, -0.2) is 23.2 Å². The van der Waals surface area contributed by atoms with Crippen LogP contribution in [0.5, 0.6) is 5.75 Å². The van der Waals surface area contributed by atoms with Crippen molar-refractivity contribution in [1.29, 1.82) is 0 Å². The maximum Gasteiger partial charge on any atom is 0.258 e. The van der Waals surface area contributed by atoms with Crippen molar-refractivity contribution in [2.45, 2.75) is 6.61 Å². The number of ether oxygens (including phenoxy) is 1. The summed E-state index contributed by atoms with van der Waals surface area (Å²) >= 11 is 17.2. The Labute approximate surface area is 182 Å². The molecule has 6 nitrogen and oxygen atoms in total. The Bertz CT molecular complexity index is 1070. The van der Waals surface area contributed by atoms with E-state index in [1.807, 2.05) is 0 Å². The predicted octanol–water partition coefficient (Wildman–Crippen LogP) is 4.88. The SMILES string of the molecule is COc1ccc(NC(=S)NC(=O)c2cc(Cl)ccc2Cl)cc1-c1ccc(CO)o1. The van der Waals surface area contributed by atoms with Gasteiger partial charge in [0.25, 0.3) is 5.91 Å². The number of carbonyl (C=O) groups excluding carboxylic acids is 1. The van der Waals surface area contributed by atoms with Crippen molar-refractivity contribution in [1.82, 2.24) is 5.32 Å². The summed E-state index contributed by atoms with van der Waals surface area (Å²) in [6.45, 7) is -0.206. The Morgan fingerprint density at radius 3 is 2.66 bits per heavy atom. The van der Waals surface area contributed by atoms with Gasteiger partial charge in [0.15, 0.2) is 5.11 Å². The summed E-state index contributed by atoms with van der Waals surface area (Å²) < 4.78 is 10.9. The third-order valence-corrected chi connectivity index (χ3v) is 4.71. The van der Waals surface area contributed by atoms with Crippen molar-refractivity contribution in [2.24, 2.45) is 0 Å². The van der Waals surface area contributed by atoms with Crippen molar-refractivity contribution in [3.8, 4) is 17.1 Å². The third-order valence-electron chi connectivity index (χ3n) is 3.94. The number of furan rings is 1. The van der Waals surface area contributed by atoms with E-state index in [0.717, 1.165) is 0 Å². The lowest BCUT2D eigenvalue weighted by atomic mass is 10.1. The van der Waals surface area contributed by atoms with Crippen molar-refractivity contribution in [3.05, 3.63) is 69.9 Å². The van der Waals surface area contributed by atoms with Crippen LogP contribution in [0.2, 0.25) is 10.0 Å². The molecule has 0 saturated carbocycles. The second-order valence-electron chi connectivity index (χ2n) is 5.87. The lowest BCUT2D eigenvalue weighted by Crippen LogP contribution is -2.34. The summed E-state index contributed by atoms with van der Waals surface area (Å²) in [6.07, 6.45) is 0. The summed E-state index contributed by atoms with van der Waals surface area (Å²) in [5, 5.41) is 15.4. The molecule has 3 N–H and O–H groups in total. The Kier molecular flexibility index (Phi) is 6.76. The van der Waals surface area contributed by atoms with Crippen LogP contribution >= 0.6 is 35.4 Å². The minimum atomic E-state index is -0.484. The Hall–Kier alpha value is -2.58. The maximum absolute atomic E-state index is 12.4. The molecule has 3 rings (SSSR count). The van der Waals surface area contributed by atoms with Crippen LogP contribution in [0.3, 0.4) is 0 Å². The fourth-order valence-electron chi connectivity index (χ4n) is 2.59. The van der Waals surface area contributed by atoms with Gasteiger partial charge in [-0.1, -0.05) is 23.2 Å². The van der Waals surface area contributed by atoms with Gasteiger partial charge in [0.1, 0.15) is 23.9 Å². The summed E-state index contributed by atoms with van der Waals surface area (Å²) in [6, 6.07) is 13.2. The number of hydrogen-bond donors (Lipinski definition) is 3. The lowest BCUT2D eigenvalue weighted by Gasteiger charge is -2.13. The van der Waals surface area contributed by atoms with Crippen LogP contribution in [0.1, 0.15) is 16.1 Å². The van der Waals surface area contributed by atoms with Crippen molar-refractivity contribution in [3.63, 3.8) is 0 Å². The van der Waals surface area contributed by atoms with E-state index in [-0.39, 0.29) is 22.3 Å². The van der Waals surface area contributed by atoms with Crippen molar-refractivity contribution in [2.75, 3.05) is 12.4 Å². The Morgan fingerprint density at radius 2 is 1.97 bits per heavy atom. The number of aliphatic hydroxyl groups is 1. The quantitative estimate of drug-likeness (QED) is 0.480. The molecule has 150 valence electrons. The number of hydrogen-bond acceptors (Lipinski definition) is 5. The molecule has 3 aromatic rings. The van der Waals surface area contributed by atoms with Crippen LogP contribution in [0, 0.1) is 0 Å². The fourth-order valence-corrected chi connectivity index (χ4v) is 3.18. The van der Waals surface area contributed by atoms with Crippen LogP contribution in [0.25, 0.3) is 11.3 Å². The van der Waals surface area contributed by atoms with Crippen LogP contribution < -0.4 is 15.4 Å². The zero-order chi connectivity index (χ0) is 21.0. The topological polar surface area (TPSA) is 83.7 Å². The molecule has 0 spiro atoms. The number of anilines is 1. The number of rotatable bonds is 5. The number of thiocarbonyl (C=S) groups is 1. The monoisotopic (exact) mass is 450 g/mol. The molecule has 2 aromatic carbocycles. The summed E-state index contributed by atoms with van der Waals surface area (Å²) in [7, 11) is 1.54. The van der Waals surface area contributed by atoms with E-state index in [2.05, 4.69) is 10.6 Å². The number of benzene rings is 2. The third kappa shape index (κ3) is 5.07. The van der Waals surface area contributed by atoms with Crippen molar-refractivity contribution >= 4 is 52.1 Å². The van der Waals surface area contributed by atoms with Crippen molar-refractivity contribution < 1.29 is 19.1 Å². The molecule has 9 heteroatoms. The zero-order valence-corrected chi connectivity index (χ0v) is 17.5. The van der Waals surface area contributed by atoms with Crippen LogP contribution in [0.4, 0.5) is 5.69 Å². The number of nitrogens with one attached hydrogen (secondary N) is 2. The highest BCUT2D eigenvalue weighted by Crippen LogP contribution is 2.33. The first kappa shape index (κ1) is 21.1. The Morgan fingerprint density at radius 1 is 1.17 bits per heavy atom. The van der Waals surface area contributed by atoms with E-state index in [4.69, 9.17) is 44.6 Å². The zero-order valence-electron chi connectivity index (χ0n) is 15.2. The van der Waals surface area contributed by atoms with Gasteiger partial charge in [-0.25, -0.2) is 0 Å². The number of carbonyl (C=O) groups is 1. The van der Waals surface area contributed by atoms with Gasteiger partial charge < -0.3 is 19.6 Å². The highest BCUT2D eigenvalue weighted by atomic mass is 35.5. The molecule has 0 aliphatic rings. The predicted molar refractivity (Wildman–Crippen MR) is 117 cm³/mol. The standard InChI is InChI=1S/C20H16Cl2N2O4S/c1-27-17-6-3-12(9-15(17)18-7-4-13(10-25)28-18)23-20(29)24-19(26)14-8-11(21)2-5-16(14)22/h2-9,25H,10H2,1H3,(H2,23,24,26,29). The van der Waals surface area contributed by atoms with Gasteiger partial charge >= 0.3 is 0 Å². The first-order chi connectivity index (χ1) is 13.9. The molecule has 1 aromatic heterocycles. The summed E-state index contributed by atoms with van der Waals surface area (Å²) in [5.74, 6) is 1.05. The second-order valence-corrected chi connectivity index (χ2v) is 7.12. The number of methoxy groups -OCH3 is 1. The second kappa shape index (κ2) is 9.28. The maximum atomic E-state index is 12.4. The van der Waals surface area contributed by atoms with Gasteiger partial charge in [0, 0.05) is 10.7 Å². The molecule has 0 fully saturated rings. The smallest absolute Gasteiger partial charge is 0.258 e. The minimum absolute atomic E-state index is 0.0812. The molecule has 0 aliphatic heterocycles. The minimum Gasteiger partial charge on any atom is -0.496 e. The fraction of sp³-hybridized carbons (Fsp3) is 0.100. The number of halogens is 2. The first-order valence-corrected chi connectivity index (χ1v) is 9.53. The molecule has 29 heavy (non-hydrogen) atoms. The molecule has 0 unspecified atom stereocenters.